The van der Waals surface area contributed by atoms with Gasteiger partial charge < -0.3 is 25.0 Å². The van der Waals surface area contributed by atoms with Crippen molar-refractivity contribution in [2.24, 2.45) is 0 Å². The summed E-state index contributed by atoms with van der Waals surface area (Å²) in [4.78, 5) is 9.74. The molecule has 0 saturated carbocycles. The predicted octanol–water partition coefficient (Wildman–Crippen LogP) is 3.10. The van der Waals surface area contributed by atoms with E-state index in [9.17, 15) is 0 Å². The van der Waals surface area contributed by atoms with Crippen LogP contribution < -0.4 is 20.3 Å². The van der Waals surface area contributed by atoms with Gasteiger partial charge in [0.15, 0.2) is 0 Å². The molecule has 1 aromatic carbocycles. The van der Waals surface area contributed by atoms with Gasteiger partial charge in [-0.2, -0.15) is 0 Å². The SMILES string of the molecule is c1cc(N2CCOCC2)c2c(n1)Nc1cc(C3CCN([C@@H]4CCNC4)CC3)ccc1OC2. The zero-order valence-corrected chi connectivity index (χ0v) is 18.7. The third-order valence-corrected chi connectivity index (χ3v) is 7.56. The lowest BCUT2D eigenvalue weighted by Crippen LogP contribution is -2.42. The van der Waals surface area contributed by atoms with Crippen molar-refractivity contribution in [1.82, 2.24) is 15.2 Å². The van der Waals surface area contributed by atoms with Gasteiger partial charge in [-0.05, 0) is 68.6 Å². The molecular formula is C25H33N5O2. The molecule has 1 atom stereocenters. The maximum Gasteiger partial charge on any atom is 0.143 e. The van der Waals surface area contributed by atoms with Crippen LogP contribution in [0, 0.1) is 0 Å². The van der Waals surface area contributed by atoms with Crippen LogP contribution in [0.1, 0.15) is 36.3 Å². The number of aromatic nitrogens is 1. The molecule has 3 saturated heterocycles. The summed E-state index contributed by atoms with van der Waals surface area (Å²) >= 11 is 0. The Morgan fingerprint density at radius 3 is 2.69 bits per heavy atom. The van der Waals surface area contributed by atoms with Crippen LogP contribution in [-0.2, 0) is 11.3 Å². The number of pyridine rings is 1. The van der Waals surface area contributed by atoms with E-state index in [1.165, 1.54) is 50.1 Å². The summed E-state index contributed by atoms with van der Waals surface area (Å²) in [7, 11) is 0. The van der Waals surface area contributed by atoms with Crippen LogP contribution in [-0.4, -0.2) is 68.4 Å². The first kappa shape index (κ1) is 20.3. The van der Waals surface area contributed by atoms with Gasteiger partial charge in [-0.3, -0.25) is 4.90 Å². The standard InChI is InChI=1S/C25H33N5O2/c1-2-24-22(15-19(1)18-5-9-29(10-6-18)20-3-7-26-16-20)28-25-21(17-32-24)23(4-8-27-25)30-11-13-31-14-12-30/h1-2,4,8,15,18,20,26H,3,5-7,9-14,16-17H2,(H,27,28)/t20-/m1/s1. The van der Waals surface area contributed by atoms with Crippen LogP contribution in [0.2, 0.25) is 0 Å². The maximum atomic E-state index is 6.26. The highest BCUT2D eigenvalue weighted by atomic mass is 16.5. The Morgan fingerprint density at radius 2 is 1.88 bits per heavy atom. The van der Waals surface area contributed by atoms with Crippen molar-refractivity contribution < 1.29 is 9.47 Å². The number of benzene rings is 1. The Kier molecular flexibility index (Phi) is 5.63. The number of piperidine rings is 1. The van der Waals surface area contributed by atoms with E-state index < -0.39 is 0 Å². The van der Waals surface area contributed by atoms with Crippen LogP contribution in [0.15, 0.2) is 30.5 Å². The second-order valence-corrected chi connectivity index (χ2v) is 9.38. The molecule has 3 fully saturated rings. The van der Waals surface area contributed by atoms with Crippen molar-refractivity contribution in [2.75, 3.05) is 62.7 Å². The van der Waals surface area contributed by atoms with Crippen LogP contribution in [0.3, 0.4) is 0 Å². The summed E-state index contributed by atoms with van der Waals surface area (Å²) in [5, 5.41) is 7.11. The van der Waals surface area contributed by atoms with E-state index >= 15 is 0 Å². The quantitative estimate of drug-likeness (QED) is 0.768. The summed E-state index contributed by atoms with van der Waals surface area (Å²) in [5.74, 6) is 2.44. The fraction of sp³-hybridized carbons (Fsp3) is 0.560. The fourth-order valence-corrected chi connectivity index (χ4v) is 5.68. The number of nitrogens with one attached hydrogen (secondary N) is 2. The summed E-state index contributed by atoms with van der Waals surface area (Å²) in [5.41, 5.74) is 4.78. The molecule has 0 bridgehead atoms. The lowest BCUT2D eigenvalue weighted by Gasteiger charge is -2.36. The largest absolute Gasteiger partial charge is 0.487 e. The van der Waals surface area contributed by atoms with E-state index in [2.05, 4.69) is 49.7 Å². The van der Waals surface area contributed by atoms with Crippen LogP contribution >= 0.6 is 0 Å². The van der Waals surface area contributed by atoms with Gasteiger partial charge in [0.05, 0.1) is 24.5 Å². The molecule has 7 nitrogen and oxygen atoms in total. The van der Waals surface area contributed by atoms with Crippen molar-refractivity contribution >= 4 is 17.2 Å². The first-order valence-electron chi connectivity index (χ1n) is 12.1. The topological polar surface area (TPSA) is 61.9 Å². The van der Waals surface area contributed by atoms with Crippen molar-refractivity contribution in [3.8, 4) is 5.75 Å². The first-order valence-corrected chi connectivity index (χ1v) is 12.1. The number of nitrogens with zero attached hydrogens (tertiary/aromatic N) is 3. The van der Waals surface area contributed by atoms with E-state index in [0.717, 1.165) is 61.7 Å². The number of ether oxygens (including phenoxy) is 2. The van der Waals surface area contributed by atoms with E-state index in [-0.39, 0.29) is 0 Å². The van der Waals surface area contributed by atoms with Gasteiger partial charge in [-0.15, -0.1) is 0 Å². The molecule has 1 aromatic heterocycles. The average Bonchev–Trinajstić information content (AvgIpc) is 3.32. The molecular weight excluding hydrogens is 402 g/mol. The highest BCUT2D eigenvalue weighted by Crippen LogP contribution is 2.40. The van der Waals surface area contributed by atoms with Crippen molar-refractivity contribution in [3.63, 3.8) is 0 Å². The van der Waals surface area contributed by atoms with Crippen LogP contribution in [0.4, 0.5) is 17.2 Å². The molecule has 4 aliphatic heterocycles. The normalized spacial score (nSPS) is 24.2. The molecule has 4 aliphatic rings. The van der Waals surface area contributed by atoms with Gasteiger partial charge in [-0.25, -0.2) is 4.98 Å². The molecule has 2 aromatic rings. The predicted molar refractivity (Wildman–Crippen MR) is 126 cm³/mol. The lowest BCUT2D eigenvalue weighted by molar-refractivity contribution is 0.122. The Labute approximate surface area is 190 Å². The number of rotatable bonds is 3. The summed E-state index contributed by atoms with van der Waals surface area (Å²) < 4.78 is 11.8. The molecule has 0 unspecified atom stereocenters. The monoisotopic (exact) mass is 435 g/mol. The molecule has 0 radical (unpaired) electrons. The van der Waals surface area contributed by atoms with E-state index in [1.807, 2.05) is 6.20 Å². The zero-order chi connectivity index (χ0) is 21.3. The van der Waals surface area contributed by atoms with Gasteiger partial charge in [0.1, 0.15) is 18.2 Å². The van der Waals surface area contributed by atoms with Gasteiger partial charge in [0, 0.05) is 37.6 Å². The number of anilines is 3. The van der Waals surface area contributed by atoms with Gasteiger partial charge >= 0.3 is 0 Å². The Hall–Kier alpha value is -2.35. The molecule has 5 heterocycles. The van der Waals surface area contributed by atoms with Crippen molar-refractivity contribution in [3.05, 3.63) is 41.6 Å². The highest BCUT2D eigenvalue weighted by Gasteiger charge is 2.28. The minimum absolute atomic E-state index is 0.531. The van der Waals surface area contributed by atoms with Crippen LogP contribution in [0.25, 0.3) is 0 Å². The number of hydrogen-bond donors (Lipinski definition) is 2. The maximum absolute atomic E-state index is 6.26. The number of likely N-dealkylation sites (tertiary alicyclic amines) is 1. The van der Waals surface area contributed by atoms with E-state index in [1.54, 1.807) is 0 Å². The molecule has 0 amide bonds. The van der Waals surface area contributed by atoms with Crippen molar-refractivity contribution in [1.29, 1.82) is 0 Å². The Balaban J connectivity index is 1.20. The van der Waals surface area contributed by atoms with E-state index in [0.29, 0.717) is 12.5 Å². The fourth-order valence-electron chi connectivity index (χ4n) is 5.68. The number of hydrogen-bond acceptors (Lipinski definition) is 7. The zero-order valence-electron chi connectivity index (χ0n) is 18.7. The minimum atomic E-state index is 0.531. The summed E-state index contributed by atoms with van der Waals surface area (Å²) in [6.45, 7) is 8.61. The molecule has 2 N–H and O–H groups in total. The first-order chi connectivity index (χ1) is 15.8. The summed E-state index contributed by atoms with van der Waals surface area (Å²) in [6, 6.07) is 9.55. The lowest BCUT2D eigenvalue weighted by atomic mass is 9.88. The van der Waals surface area contributed by atoms with Crippen LogP contribution in [0.5, 0.6) is 5.75 Å². The third kappa shape index (κ3) is 3.93. The highest BCUT2D eigenvalue weighted by molar-refractivity contribution is 5.73. The third-order valence-electron chi connectivity index (χ3n) is 7.56. The second-order valence-electron chi connectivity index (χ2n) is 9.38. The number of morpholine rings is 1. The Bertz CT molecular complexity index is 947. The average molecular weight is 436 g/mol. The van der Waals surface area contributed by atoms with E-state index in [4.69, 9.17) is 9.47 Å². The summed E-state index contributed by atoms with van der Waals surface area (Å²) in [6.07, 6.45) is 5.65. The molecule has 32 heavy (non-hydrogen) atoms. The van der Waals surface area contributed by atoms with Gasteiger partial charge in [0.25, 0.3) is 0 Å². The molecule has 0 spiro atoms. The second kappa shape index (κ2) is 8.89. The number of fused-ring (bicyclic) bond motifs is 2. The molecule has 7 heteroatoms. The molecule has 0 aliphatic carbocycles. The van der Waals surface area contributed by atoms with Gasteiger partial charge in [-0.1, -0.05) is 6.07 Å². The van der Waals surface area contributed by atoms with Crippen molar-refractivity contribution in [2.45, 2.75) is 37.8 Å². The molecule has 6 rings (SSSR count). The minimum Gasteiger partial charge on any atom is -0.487 e. The molecule has 170 valence electrons. The smallest absolute Gasteiger partial charge is 0.143 e. The van der Waals surface area contributed by atoms with Gasteiger partial charge in [0.2, 0.25) is 0 Å². The Morgan fingerprint density at radius 1 is 1.00 bits per heavy atom.